The van der Waals surface area contributed by atoms with E-state index < -0.39 is 0 Å². The van der Waals surface area contributed by atoms with Crippen LogP contribution in [0.2, 0.25) is 0 Å². The van der Waals surface area contributed by atoms with Crippen molar-refractivity contribution in [3.63, 3.8) is 0 Å². The molecule has 0 unspecified atom stereocenters. The van der Waals surface area contributed by atoms with E-state index >= 15 is 0 Å². The van der Waals surface area contributed by atoms with Gasteiger partial charge in [-0.2, -0.15) is 0 Å². The van der Waals surface area contributed by atoms with Crippen LogP contribution in [0.25, 0.3) is 23.1 Å². The minimum Gasteiger partial charge on any atom is -0.439 e. The topological polar surface area (TPSA) is 16.4 Å². The van der Waals surface area contributed by atoms with E-state index in [9.17, 15) is 0 Å². The van der Waals surface area contributed by atoms with Gasteiger partial charge in [-0.15, -0.1) is 0 Å². The van der Waals surface area contributed by atoms with Gasteiger partial charge in [0.25, 0.3) is 0 Å². The van der Waals surface area contributed by atoms with Gasteiger partial charge in [0.05, 0.1) is 11.4 Å². The Hall–Kier alpha value is -3.26. The molecule has 0 atom stereocenters. The summed E-state index contributed by atoms with van der Waals surface area (Å²) in [5.41, 5.74) is 9.96. The van der Waals surface area contributed by atoms with E-state index in [1.807, 2.05) is 0 Å². The average molecular weight is 377 g/mol. The molecule has 2 heteroatoms. The average Bonchev–Trinajstić information content (AvgIpc) is 3.02. The zero-order valence-corrected chi connectivity index (χ0v) is 16.6. The number of hydrogen-bond donors (Lipinski definition) is 0. The predicted molar refractivity (Wildman–Crippen MR) is 121 cm³/mol. The highest BCUT2D eigenvalue weighted by Crippen LogP contribution is 2.47. The first-order chi connectivity index (χ1) is 14.3. The first kappa shape index (κ1) is 16.7. The van der Waals surface area contributed by atoms with Gasteiger partial charge in [-0.3, -0.25) is 4.90 Å². The summed E-state index contributed by atoms with van der Waals surface area (Å²) in [6.07, 6.45) is 9.28. The van der Waals surface area contributed by atoms with Gasteiger partial charge in [0.15, 0.2) is 0 Å². The highest BCUT2D eigenvalue weighted by molar-refractivity contribution is 6.02. The zero-order valence-electron chi connectivity index (χ0n) is 16.6. The Balaban J connectivity index is 1.68. The van der Waals surface area contributed by atoms with E-state index in [-0.39, 0.29) is 0 Å². The van der Waals surface area contributed by atoms with E-state index in [0.29, 0.717) is 0 Å². The fourth-order valence-corrected chi connectivity index (χ4v) is 4.87. The summed E-state index contributed by atoms with van der Waals surface area (Å²) in [6.45, 7) is 2.14. The normalized spacial score (nSPS) is 15.0. The third-order valence-corrected chi connectivity index (χ3v) is 6.28. The van der Waals surface area contributed by atoms with Gasteiger partial charge in [0, 0.05) is 10.9 Å². The van der Waals surface area contributed by atoms with E-state index in [1.165, 1.54) is 58.3 Å². The van der Waals surface area contributed by atoms with Gasteiger partial charge >= 0.3 is 0 Å². The summed E-state index contributed by atoms with van der Waals surface area (Å²) in [7, 11) is 0. The number of nitrogens with zero attached hydrogens (tertiary/aromatic N) is 1. The molecule has 0 amide bonds. The highest BCUT2D eigenvalue weighted by atomic mass is 16.4. The van der Waals surface area contributed by atoms with Crippen molar-refractivity contribution >= 4 is 40.4 Å². The SMILES string of the molecule is Cc1ccc2oc3c(c2c1)C=Cc1ccccc1N3c1cccc2c1CCCC2. The van der Waals surface area contributed by atoms with Gasteiger partial charge in [-0.1, -0.05) is 48.0 Å². The van der Waals surface area contributed by atoms with Crippen LogP contribution in [0.1, 0.15) is 40.7 Å². The van der Waals surface area contributed by atoms with Crippen LogP contribution in [0.3, 0.4) is 0 Å². The Labute approximate surface area is 171 Å². The van der Waals surface area contributed by atoms with Gasteiger partial charge in [-0.05, 0) is 79.6 Å². The minimum atomic E-state index is 0.922. The lowest BCUT2D eigenvalue weighted by atomic mass is 9.90. The molecule has 1 aromatic heterocycles. The summed E-state index contributed by atoms with van der Waals surface area (Å²) in [4.78, 5) is 2.35. The fraction of sp³-hybridized carbons (Fsp3) is 0.185. The Morgan fingerprint density at radius 3 is 2.66 bits per heavy atom. The zero-order chi connectivity index (χ0) is 19.4. The molecule has 0 bridgehead atoms. The van der Waals surface area contributed by atoms with Crippen molar-refractivity contribution < 1.29 is 4.42 Å². The standard InChI is InChI=1S/C27H23NO/c1-18-13-16-26-23(17-18)22-15-14-20-8-3-5-11-24(20)28(27(22)29-26)25-12-6-9-19-7-2-4-10-21(19)25/h3,5-6,8-9,11-17H,2,4,7,10H2,1H3. The quantitative estimate of drug-likeness (QED) is 0.299. The van der Waals surface area contributed by atoms with Crippen molar-refractivity contribution in [2.45, 2.75) is 32.6 Å². The monoisotopic (exact) mass is 377 g/mol. The molecule has 0 saturated carbocycles. The van der Waals surface area contributed by atoms with Crippen LogP contribution in [0.5, 0.6) is 0 Å². The number of rotatable bonds is 1. The Morgan fingerprint density at radius 2 is 1.69 bits per heavy atom. The maximum absolute atomic E-state index is 6.52. The molecule has 6 rings (SSSR count). The first-order valence-electron chi connectivity index (χ1n) is 10.5. The summed E-state index contributed by atoms with van der Waals surface area (Å²) >= 11 is 0. The van der Waals surface area contributed by atoms with Crippen molar-refractivity contribution in [3.8, 4) is 0 Å². The Morgan fingerprint density at radius 1 is 0.828 bits per heavy atom. The third-order valence-electron chi connectivity index (χ3n) is 6.28. The first-order valence-corrected chi connectivity index (χ1v) is 10.5. The van der Waals surface area contributed by atoms with Crippen LogP contribution < -0.4 is 4.90 Å². The lowest BCUT2D eigenvalue weighted by Gasteiger charge is -2.29. The molecule has 0 spiro atoms. The molecule has 29 heavy (non-hydrogen) atoms. The maximum Gasteiger partial charge on any atom is 0.213 e. The van der Waals surface area contributed by atoms with E-state index in [4.69, 9.17) is 4.42 Å². The third kappa shape index (κ3) is 2.56. The highest BCUT2D eigenvalue weighted by Gasteiger charge is 2.28. The second-order valence-corrected chi connectivity index (χ2v) is 8.17. The van der Waals surface area contributed by atoms with Crippen molar-refractivity contribution in [1.82, 2.24) is 0 Å². The smallest absolute Gasteiger partial charge is 0.213 e. The fourth-order valence-electron chi connectivity index (χ4n) is 4.87. The van der Waals surface area contributed by atoms with Crippen molar-refractivity contribution in [1.29, 1.82) is 0 Å². The van der Waals surface area contributed by atoms with E-state index in [0.717, 1.165) is 23.5 Å². The molecule has 0 N–H and O–H groups in total. The van der Waals surface area contributed by atoms with E-state index in [2.05, 4.69) is 84.6 Å². The summed E-state index contributed by atoms with van der Waals surface area (Å²) in [6, 6.07) is 21.8. The van der Waals surface area contributed by atoms with Gasteiger partial charge < -0.3 is 4.42 Å². The minimum absolute atomic E-state index is 0.922. The maximum atomic E-state index is 6.52. The molecule has 0 saturated heterocycles. The summed E-state index contributed by atoms with van der Waals surface area (Å²) in [5, 5.41) is 1.18. The lowest BCUT2D eigenvalue weighted by molar-refractivity contribution is 0.618. The van der Waals surface area contributed by atoms with Crippen LogP contribution in [-0.2, 0) is 12.8 Å². The Bertz CT molecular complexity index is 1280. The molecule has 142 valence electrons. The van der Waals surface area contributed by atoms with Crippen LogP contribution in [0.4, 0.5) is 17.3 Å². The van der Waals surface area contributed by atoms with E-state index in [1.54, 1.807) is 0 Å². The molecule has 2 heterocycles. The molecular weight excluding hydrogens is 354 g/mol. The molecular formula is C27H23NO. The van der Waals surface area contributed by atoms with Crippen LogP contribution in [-0.4, -0.2) is 0 Å². The van der Waals surface area contributed by atoms with Crippen LogP contribution in [0.15, 0.2) is 65.1 Å². The van der Waals surface area contributed by atoms with Crippen molar-refractivity contribution in [2.24, 2.45) is 0 Å². The summed E-state index contributed by atoms with van der Waals surface area (Å²) < 4.78 is 6.52. The van der Waals surface area contributed by atoms with Gasteiger partial charge in [0.1, 0.15) is 5.58 Å². The molecule has 0 radical (unpaired) electrons. The number of furan rings is 1. The van der Waals surface area contributed by atoms with Crippen LogP contribution in [0, 0.1) is 6.92 Å². The molecule has 2 nitrogen and oxygen atoms in total. The number of aryl methyl sites for hydroxylation is 2. The van der Waals surface area contributed by atoms with Crippen LogP contribution >= 0.6 is 0 Å². The molecule has 1 aliphatic carbocycles. The summed E-state index contributed by atoms with van der Waals surface area (Å²) in [5.74, 6) is 0.922. The number of fused-ring (bicyclic) bond motifs is 5. The van der Waals surface area contributed by atoms with Gasteiger partial charge in [-0.25, -0.2) is 0 Å². The van der Waals surface area contributed by atoms with Crippen molar-refractivity contribution in [3.05, 3.63) is 88.5 Å². The molecule has 1 aliphatic heterocycles. The molecule has 2 aliphatic rings. The molecule has 0 fully saturated rings. The largest absolute Gasteiger partial charge is 0.439 e. The van der Waals surface area contributed by atoms with Gasteiger partial charge in [0.2, 0.25) is 5.88 Å². The molecule has 4 aromatic rings. The second-order valence-electron chi connectivity index (χ2n) is 8.17. The lowest BCUT2D eigenvalue weighted by Crippen LogP contribution is -2.15. The Kier molecular flexibility index (Phi) is 3.67. The number of benzene rings is 3. The van der Waals surface area contributed by atoms with Crippen molar-refractivity contribution in [2.75, 3.05) is 4.90 Å². The predicted octanol–water partition coefficient (Wildman–Crippen LogP) is 7.57. The second kappa shape index (κ2) is 6.38. The number of anilines is 3. The number of para-hydroxylation sites is 1. The molecule has 3 aromatic carbocycles. The number of hydrogen-bond acceptors (Lipinski definition) is 2.